The number of carbonyl (C=O) groups excluding carboxylic acids is 1. The number of aryl methyl sites for hydroxylation is 1. The SMILES string of the molecule is Cn1cccc1C(=O)NCCNc1nnnn1-c1ccccc1. The zero-order chi connectivity index (χ0) is 16.1. The van der Waals surface area contributed by atoms with Gasteiger partial charge in [0.05, 0.1) is 5.69 Å². The van der Waals surface area contributed by atoms with Crippen molar-refractivity contribution in [2.24, 2.45) is 7.05 Å². The molecule has 0 fully saturated rings. The molecule has 0 spiro atoms. The number of nitrogens with one attached hydrogen (secondary N) is 2. The van der Waals surface area contributed by atoms with Crippen molar-refractivity contribution >= 4 is 11.9 Å². The van der Waals surface area contributed by atoms with E-state index >= 15 is 0 Å². The van der Waals surface area contributed by atoms with E-state index in [0.717, 1.165) is 5.69 Å². The van der Waals surface area contributed by atoms with E-state index in [-0.39, 0.29) is 5.91 Å². The van der Waals surface area contributed by atoms with E-state index in [1.165, 1.54) is 0 Å². The van der Waals surface area contributed by atoms with Crippen LogP contribution in [0, 0.1) is 0 Å². The van der Waals surface area contributed by atoms with Gasteiger partial charge in [-0.25, -0.2) is 0 Å². The number of anilines is 1. The van der Waals surface area contributed by atoms with Gasteiger partial charge in [0.25, 0.3) is 5.91 Å². The van der Waals surface area contributed by atoms with Gasteiger partial charge >= 0.3 is 0 Å². The number of aromatic nitrogens is 5. The van der Waals surface area contributed by atoms with Crippen LogP contribution in [-0.2, 0) is 7.05 Å². The molecule has 0 saturated heterocycles. The van der Waals surface area contributed by atoms with Gasteiger partial charge in [0.1, 0.15) is 5.69 Å². The number of amides is 1. The van der Waals surface area contributed by atoms with Crippen LogP contribution in [0.2, 0.25) is 0 Å². The first kappa shape index (κ1) is 14.8. The molecular weight excluding hydrogens is 294 g/mol. The number of hydrogen-bond acceptors (Lipinski definition) is 5. The first-order chi connectivity index (χ1) is 11.3. The molecule has 0 bridgehead atoms. The van der Waals surface area contributed by atoms with Crippen molar-refractivity contribution in [2.45, 2.75) is 0 Å². The van der Waals surface area contributed by atoms with Gasteiger partial charge in [0.2, 0.25) is 5.95 Å². The fourth-order valence-corrected chi connectivity index (χ4v) is 2.18. The molecule has 8 nitrogen and oxygen atoms in total. The van der Waals surface area contributed by atoms with Crippen LogP contribution in [0.25, 0.3) is 5.69 Å². The Morgan fingerprint density at radius 1 is 1.13 bits per heavy atom. The summed E-state index contributed by atoms with van der Waals surface area (Å²) < 4.78 is 3.39. The molecule has 118 valence electrons. The summed E-state index contributed by atoms with van der Waals surface area (Å²) in [5.74, 6) is 0.422. The van der Waals surface area contributed by atoms with E-state index in [1.54, 1.807) is 15.3 Å². The third-order valence-electron chi connectivity index (χ3n) is 3.34. The number of carbonyl (C=O) groups is 1. The summed E-state index contributed by atoms with van der Waals surface area (Å²) in [6.07, 6.45) is 1.83. The van der Waals surface area contributed by atoms with Crippen molar-refractivity contribution in [2.75, 3.05) is 18.4 Å². The molecule has 0 aliphatic carbocycles. The molecule has 2 heterocycles. The van der Waals surface area contributed by atoms with Crippen LogP contribution >= 0.6 is 0 Å². The van der Waals surface area contributed by atoms with Crippen LogP contribution in [0.3, 0.4) is 0 Å². The average molecular weight is 311 g/mol. The molecule has 1 amide bonds. The van der Waals surface area contributed by atoms with Crippen LogP contribution in [0.5, 0.6) is 0 Å². The standard InChI is InChI=1S/C15H17N7O/c1-21-11-5-8-13(21)14(23)16-9-10-17-15-18-19-20-22(15)12-6-3-2-4-7-12/h2-8,11H,9-10H2,1H3,(H,16,23)(H,17,18,20). The zero-order valence-corrected chi connectivity index (χ0v) is 12.7. The largest absolute Gasteiger partial charge is 0.351 e. The lowest BCUT2D eigenvalue weighted by molar-refractivity contribution is 0.0947. The number of benzene rings is 1. The number of hydrogen-bond donors (Lipinski definition) is 2. The quantitative estimate of drug-likeness (QED) is 0.659. The number of nitrogens with zero attached hydrogens (tertiary/aromatic N) is 5. The van der Waals surface area contributed by atoms with E-state index < -0.39 is 0 Å². The molecule has 0 aliphatic rings. The van der Waals surface area contributed by atoms with Crippen LogP contribution < -0.4 is 10.6 Å². The third kappa shape index (κ3) is 3.37. The number of tetrazole rings is 1. The summed E-state index contributed by atoms with van der Waals surface area (Å²) in [6.45, 7) is 0.981. The van der Waals surface area contributed by atoms with Crippen molar-refractivity contribution < 1.29 is 4.79 Å². The lowest BCUT2D eigenvalue weighted by Crippen LogP contribution is -2.30. The third-order valence-corrected chi connectivity index (χ3v) is 3.34. The minimum absolute atomic E-state index is 0.109. The summed E-state index contributed by atoms with van der Waals surface area (Å²) in [5.41, 5.74) is 1.49. The van der Waals surface area contributed by atoms with Gasteiger partial charge in [-0.1, -0.05) is 23.3 Å². The molecule has 0 unspecified atom stereocenters. The van der Waals surface area contributed by atoms with Gasteiger partial charge in [-0.05, 0) is 34.7 Å². The van der Waals surface area contributed by atoms with Gasteiger partial charge in [-0.3, -0.25) is 4.79 Å². The summed E-state index contributed by atoms with van der Waals surface area (Å²) in [7, 11) is 1.83. The van der Waals surface area contributed by atoms with Gasteiger partial charge in [0.15, 0.2) is 0 Å². The van der Waals surface area contributed by atoms with Crippen LogP contribution in [0.1, 0.15) is 10.5 Å². The Hall–Kier alpha value is -3.16. The fourth-order valence-electron chi connectivity index (χ4n) is 2.18. The predicted molar refractivity (Wildman–Crippen MR) is 85.4 cm³/mol. The highest BCUT2D eigenvalue weighted by atomic mass is 16.1. The van der Waals surface area contributed by atoms with Gasteiger partial charge in [-0.2, -0.15) is 4.68 Å². The van der Waals surface area contributed by atoms with E-state index in [1.807, 2.05) is 49.6 Å². The topological polar surface area (TPSA) is 89.7 Å². The first-order valence-corrected chi connectivity index (χ1v) is 7.23. The van der Waals surface area contributed by atoms with Crippen molar-refractivity contribution in [3.05, 3.63) is 54.4 Å². The normalized spacial score (nSPS) is 10.5. The molecule has 0 atom stereocenters. The molecule has 8 heteroatoms. The van der Waals surface area contributed by atoms with Crippen molar-refractivity contribution in [1.82, 2.24) is 30.1 Å². The average Bonchev–Trinajstić information content (AvgIpc) is 3.21. The molecule has 3 aromatic rings. The lowest BCUT2D eigenvalue weighted by atomic mass is 10.3. The Bertz CT molecular complexity index is 778. The second-order valence-electron chi connectivity index (χ2n) is 4.94. The minimum Gasteiger partial charge on any atom is -0.351 e. The number of para-hydroxylation sites is 1. The molecule has 0 aliphatic heterocycles. The molecular formula is C15H17N7O. The molecule has 3 rings (SSSR count). The predicted octanol–water partition coefficient (Wildman–Crippen LogP) is 0.843. The van der Waals surface area contributed by atoms with Crippen LogP contribution in [0.4, 0.5) is 5.95 Å². The minimum atomic E-state index is -0.109. The van der Waals surface area contributed by atoms with Crippen LogP contribution in [0.15, 0.2) is 48.7 Å². The first-order valence-electron chi connectivity index (χ1n) is 7.23. The Balaban J connectivity index is 1.53. The Morgan fingerprint density at radius 3 is 2.70 bits per heavy atom. The summed E-state index contributed by atoms with van der Waals surface area (Å²) >= 11 is 0. The Labute approximate surface area is 133 Å². The second kappa shape index (κ2) is 6.73. The lowest BCUT2D eigenvalue weighted by Gasteiger charge is -2.08. The maximum atomic E-state index is 12.0. The van der Waals surface area contributed by atoms with Gasteiger partial charge in [-0.15, -0.1) is 0 Å². The van der Waals surface area contributed by atoms with Gasteiger partial charge < -0.3 is 15.2 Å². The second-order valence-corrected chi connectivity index (χ2v) is 4.94. The number of rotatable bonds is 6. The maximum absolute atomic E-state index is 12.0. The van der Waals surface area contributed by atoms with Crippen molar-refractivity contribution in [3.8, 4) is 5.69 Å². The monoisotopic (exact) mass is 311 g/mol. The Kier molecular flexibility index (Phi) is 4.32. The van der Waals surface area contributed by atoms with Crippen molar-refractivity contribution in [3.63, 3.8) is 0 Å². The fraction of sp³-hybridized carbons (Fsp3) is 0.200. The van der Waals surface area contributed by atoms with E-state index in [4.69, 9.17) is 0 Å². The Morgan fingerprint density at radius 2 is 1.96 bits per heavy atom. The highest BCUT2D eigenvalue weighted by Gasteiger charge is 2.09. The van der Waals surface area contributed by atoms with E-state index in [9.17, 15) is 4.79 Å². The highest BCUT2D eigenvalue weighted by molar-refractivity contribution is 5.92. The highest BCUT2D eigenvalue weighted by Crippen LogP contribution is 2.09. The van der Waals surface area contributed by atoms with E-state index in [2.05, 4.69) is 26.2 Å². The molecule has 1 aromatic carbocycles. The van der Waals surface area contributed by atoms with Gasteiger partial charge in [0, 0.05) is 26.3 Å². The maximum Gasteiger partial charge on any atom is 0.267 e. The summed E-state index contributed by atoms with van der Waals surface area (Å²) in [4.78, 5) is 12.0. The van der Waals surface area contributed by atoms with Crippen molar-refractivity contribution in [1.29, 1.82) is 0 Å². The zero-order valence-electron chi connectivity index (χ0n) is 12.7. The molecule has 0 radical (unpaired) electrons. The smallest absolute Gasteiger partial charge is 0.267 e. The summed E-state index contributed by atoms with van der Waals surface area (Å²) in [6, 6.07) is 13.2. The summed E-state index contributed by atoms with van der Waals surface area (Å²) in [5, 5.41) is 17.5. The molecule has 0 saturated carbocycles. The van der Waals surface area contributed by atoms with E-state index in [0.29, 0.717) is 24.7 Å². The molecule has 23 heavy (non-hydrogen) atoms. The molecule has 2 aromatic heterocycles. The van der Waals surface area contributed by atoms with Crippen LogP contribution in [-0.4, -0.2) is 43.8 Å². The molecule has 2 N–H and O–H groups in total.